The van der Waals surface area contributed by atoms with Gasteiger partial charge in [-0.25, -0.2) is 4.98 Å². The molecule has 1 aliphatic heterocycles. The molecule has 0 spiro atoms. The summed E-state index contributed by atoms with van der Waals surface area (Å²) in [5.74, 6) is 3.28. The number of aryl methyl sites for hydroxylation is 1. The van der Waals surface area contributed by atoms with Gasteiger partial charge in [0.05, 0.1) is 5.52 Å². The van der Waals surface area contributed by atoms with E-state index < -0.39 is 0 Å². The third kappa shape index (κ3) is 6.52. The van der Waals surface area contributed by atoms with Crippen LogP contribution in [0.2, 0.25) is 0 Å². The van der Waals surface area contributed by atoms with Crippen LogP contribution in [0.4, 0.5) is 17.5 Å². The van der Waals surface area contributed by atoms with E-state index in [0.717, 1.165) is 59.9 Å². The minimum absolute atomic E-state index is 0. The Morgan fingerprint density at radius 3 is 2.49 bits per heavy atom. The van der Waals surface area contributed by atoms with Gasteiger partial charge in [-0.15, -0.1) is 0 Å². The van der Waals surface area contributed by atoms with E-state index in [2.05, 4.69) is 24.1 Å². The fraction of sp³-hybridized carbons (Fsp3) is 0.533. The van der Waals surface area contributed by atoms with Crippen molar-refractivity contribution in [1.82, 2.24) is 19.4 Å². The third-order valence-corrected chi connectivity index (χ3v) is 7.28. The average Bonchev–Trinajstić information content (AvgIpc) is 3.75. The molecule has 3 aromatic rings. The summed E-state index contributed by atoms with van der Waals surface area (Å²) in [6.45, 7) is 10.3. The lowest BCUT2D eigenvalue weighted by Crippen LogP contribution is -2.39. The Morgan fingerprint density at radius 1 is 1.15 bits per heavy atom. The Kier molecular flexibility index (Phi) is 8.77. The van der Waals surface area contributed by atoms with E-state index in [0.29, 0.717) is 17.8 Å². The molecule has 5 rings (SSSR count). The SMILES string of the molecule is CC.C[C@@H]1C[C@H](C)CN(c2ncc(C3CC3)c(Nc3ccc4c(c3)cc(OCC(=O)N(C)C)c(=O)n4C)n2)C1.[HH]. The lowest BCUT2D eigenvalue weighted by atomic mass is 9.92. The van der Waals surface area contributed by atoms with Crippen molar-refractivity contribution >= 4 is 34.3 Å². The highest BCUT2D eigenvalue weighted by Crippen LogP contribution is 2.43. The molecule has 1 saturated carbocycles. The second-order valence-corrected chi connectivity index (χ2v) is 10.9. The lowest BCUT2D eigenvalue weighted by Gasteiger charge is -2.35. The molecular weight excluding hydrogens is 492 g/mol. The zero-order valence-corrected chi connectivity index (χ0v) is 24.3. The van der Waals surface area contributed by atoms with Crippen LogP contribution in [0.5, 0.6) is 5.75 Å². The van der Waals surface area contributed by atoms with Gasteiger partial charge in [-0.1, -0.05) is 27.7 Å². The predicted octanol–water partition coefficient (Wildman–Crippen LogP) is 5.17. The van der Waals surface area contributed by atoms with Crippen LogP contribution in [0.3, 0.4) is 0 Å². The molecule has 1 saturated heterocycles. The molecule has 0 bridgehead atoms. The molecule has 3 heterocycles. The number of nitrogens with zero attached hydrogens (tertiary/aromatic N) is 5. The van der Waals surface area contributed by atoms with E-state index >= 15 is 0 Å². The van der Waals surface area contributed by atoms with E-state index in [4.69, 9.17) is 14.7 Å². The highest BCUT2D eigenvalue weighted by molar-refractivity contribution is 5.85. The van der Waals surface area contributed by atoms with Gasteiger partial charge in [0.2, 0.25) is 5.95 Å². The topological polar surface area (TPSA) is 92.6 Å². The number of piperidine rings is 1. The molecule has 1 N–H and O–H groups in total. The van der Waals surface area contributed by atoms with Gasteiger partial charge in [-0.2, -0.15) is 4.98 Å². The number of hydrogen-bond acceptors (Lipinski definition) is 7. The van der Waals surface area contributed by atoms with Crippen LogP contribution >= 0.6 is 0 Å². The van der Waals surface area contributed by atoms with Crippen LogP contribution in [-0.2, 0) is 11.8 Å². The normalized spacial score (nSPS) is 18.8. The van der Waals surface area contributed by atoms with E-state index in [9.17, 15) is 9.59 Å². The minimum Gasteiger partial charge on any atom is -0.478 e. The van der Waals surface area contributed by atoms with Crippen molar-refractivity contribution in [3.63, 3.8) is 0 Å². The van der Waals surface area contributed by atoms with E-state index in [1.165, 1.54) is 11.3 Å². The molecule has 9 nitrogen and oxygen atoms in total. The summed E-state index contributed by atoms with van der Waals surface area (Å²) in [5, 5.41) is 4.37. The number of carbonyl (C=O) groups is 1. The Bertz CT molecular complexity index is 1380. The van der Waals surface area contributed by atoms with Crippen molar-refractivity contribution < 1.29 is 11.0 Å². The van der Waals surface area contributed by atoms with E-state index in [-0.39, 0.29) is 25.2 Å². The first-order chi connectivity index (χ1) is 18.7. The maximum absolute atomic E-state index is 12.8. The minimum atomic E-state index is -0.277. The first-order valence-electron chi connectivity index (χ1n) is 14.0. The van der Waals surface area contributed by atoms with E-state index in [1.54, 1.807) is 31.8 Å². The van der Waals surface area contributed by atoms with Gasteiger partial charge in [-0.05, 0) is 61.3 Å². The van der Waals surface area contributed by atoms with Gasteiger partial charge < -0.3 is 24.4 Å². The number of rotatable bonds is 7. The molecule has 2 aliphatic rings. The van der Waals surface area contributed by atoms with Crippen molar-refractivity contribution in [3.05, 3.63) is 46.4 Å². The zero-order valence-electron chi connectivity index (χ0n) is 24.3. The summed E-state index contributed by atoms with van der Waals surface area (Å²) in [6, 6.07) is 7.57. The van der Waals surface area contributed by atoms with Gasteiger partial charge in [0.1, 0.15) is 5.82 Å². The lowest BCUT2D eigenvalue weighted by molar-refractivity contribution is -0.130. The van der Waals surface area contributed by atoms with Gasteiger partial charge >= 0.3 is 0 Å². The molecule has 39 heavy (non-hydrogen) atoms. The number of ether oxygens (including phenoxy) is 1. The van der Waals surface area contributed by atoms with Crippen LogP contribution in [0.25, 0.3) is 10.9 Å². The molecule has 0 radical (unpaired) electrons. The summed E-state index contributed by atoms with van der Waals surface area (Å²) in [7, 11) is 5.02. The largest absolute Gasteiger partial charge is 0.478 e. The molecule has 1 amide bonds. The Labute approximate surface area is 232 Å². The number of benzene rings is 1. The fourth-order valence-electron chi connectivity index (χ4n) is 5.19. The highest BCUT2D eigenvalue weighted by atomic mass is 16.5. The molecule has 9 heteroatoms. The van der Waals surface area contributed by atoms with E-state index in [1.807, 2.05) is 38.2 Å². The van der Waals surface area contributed by atoms with Gasteiger partial charge in [-0.3, -0.25) is 9.59 Å². The van der Waals surface area contributed by atoms with Gasteiger partial charge in [0.25, 0.3) is 11.5 Å². The third-order valence-electron chi connectivity index (χ3n) is 7.28. The highest BCUT2D eigenvalue weighted by Gasteiger charge is 2.29. The van der Waals surface area contributed by atoms with Crippen molar-refractivity contribution in [2.24, 2.45) is 18.9 Å². The van der Waals surface area contributed by atoms with Crippen molar-refractivity contribution in [1.29, 1.82) is 0 Å². The molecule has 2 fully saturated rings. The standard InChI is InChI=1S/C28H36N6O3.C2H6.H2/c1-17-10-18(2)15-34(14-17)28-29-13-22(19-6-7-19)26(31-28)30-21-8-9-23-20(11-21)12-24(27(36)33(23)5)37-16-25(35)32(3)4;1-2;/h8-9,11-13,17-19H,6-7,10,14-16H2,1-5H3,(H,29,30,31);1-2H3;1H/t17-,18+;;. The number of hydrogen-bond donors (Lipinski definition) is 1. The number of anilines is 3. The first-order valence-corrected chi connectivity index (χ1v) is 14.0. The number of carbonyl (C=O) groups excluding carboxylic acids is 1. The average molecular weight is 537 g/mol. The maximum Gasteiger partial charge on any atom is 0.293 e. The monoisotopic (exact) mass is 536 g/mol. The smallest absolute Gasteiger partial charge is 0.293 e. The fourth-order valence-corrected chi connectivity index (χ4v) is 5.19. The van der Waals surface area contributed by atoms with Crippen LogP contribution in [0.1, 0.15) is 59.9 Å². The Hall–Kier alpha value is -3.62. The molecule has 212 valence electrons. The summed E-state index contributed by atoms with van der Waals surface area (Å²) in [5.41, 5.74) is 2.52. The summed E-state index contributed by atoms with van der Waals surface area (Å²) >= 11 is 0. The molecule has 1 aromatic carbocycles. The predicted molar refractivity (Wildman–Crippen MR) is 159 cm³/mol. The van der Waals surface area contributed by atoms with Crippen LogP contribution in [0.15, 0.2) is 35.3 Å². The van der Waals surface area contributed by atoms with Crippen LogP contribution in [0, 0.1) is 11.8 Å². The number of fused-ring (bicyclic) bond motifs is 1. The van der Waals surface area contributed by atoms with Crippen molar-refractivity contribution in [2.45, 2.75) is 52.9 Å². The zero-order chi connectivity index (χ0) is 28.3. The quantitative estimate of drug-likeness (QED) is 0.445. The molecule has 2 atom stereocenters. The molecule has 2 aromatic heterocycles. The van der Waals surface area contributed by atoms with Crippen molar-refractivity contribution in [3.8, 4) is 5.75 Å². The molecular formula is C30H44N6O3. The number of aromatic nitrogens is 3. The molecule has 0 unspecified atom stereocenters. The maximum atomic E-state index is 12.8. The Morgan fingerprint density at radius 2 is 1.85 bits per heavy atom. The Balaban J connectivity index is 0.00000144. The summed E-state index contributed by atoms with van der Waals surface area (Å²) < 4.78 is 7.14. The van der Waals surface area contributed by atoms with Crippen LogP contribution in [-0.4, -0.2) is 59.1 Å². The number of nitrogens with one attached hydrogen (secondary N) is 1. The van der Waals surface area contributed by atoms with Crippen LogP contribution < -0.4 is 20.5 Å². The number of likely N-dealkylation sites (N-methyl/N-ethyl adjacent to an activating group) is 1. The molecule has 1 aliphatic carbocycles. The first kappa shape index (κ1) is 28.4. The summed E-state index contributed by atoms with van der Waals surface area (Å²) in [6.07, 6.45) is 5.53. The second-order valence-electron chi connectivity index (χ2n) is 10.9. The second kappa shape index (κ2) is 12.1. The van der Waals surface area contributed by atoms with Gasteiger partial charge in [0, 0.05) is 58.5 Å². The van der Waals surface area contributed by atoms with Crippen molar-refractivity contribution in [2.75, 3.05) is 44.0 Å². The number of pyridine rings is 1. The number of amides is 1. The summed E-state index contributed by atoms with van der Waals surface area (Å²) in [4.78, 5) is 38.2. The van der Waals surface area contributed by atoms with Gasteiger partial charge in [0.15, 0.2) is 12.4 Å².